The van der Waals surface area contributed by atoms with Crippen LogP contribution in [-0.2, 0) is 14.9 Å². The van der Waals surface area contributed by atoms with Gasteiger partial charge in [-0.25, -0.2) is 9.97 Å². The predicted molar refractivity (Wildman–Crippen MR) is 85.7 cm³/mol. The largest absolute Gasteiger partial charge is 0.384 e. The molecule has 0 aliphatic heterocycles. The van der Waals surface area contributed by atoms with E-state index in [0.29, 0.717) is 19.0 Å². The Kier molecular flexibility index (Phi) is 6.36. The van der Waals surface area contributed by atoms with Crippen molar-refractivity contribution in [2.75, 3.05) is 44.6 Å². The Bertz CT molecular complexity index is 446. The molecule has 1 heterocycles. The van der Waals surface area contributed by atoms with E-state index in [1.54, 1.807) is 20.3 Å². The standard InChI is InChI=1S/C15H28N4O2/c1-11(10-21-6)19(7-8-20-5)13-9-12(16)17-14(18-13)15(2,3)4/h9,11H,7-8,10H2,1-6H3,(H2,16,17,18). The average Bonchev–Trinajstić information content (AvgIpc) is 2.38. The van der Waals surface area contributed by atoms with Gasteiger partial charge >= 0.3 is 0 Å². The van der Waals surface area contributed by atoms with E-state index in [1.165, 1.54) is 0 Å². The fraction of sp³-hybridized carbons (Fsp3) is 0.733. The summed E-state index contributed by atoms with van der Waals surface area (Å²) in [7, 11) is 3.38. The fourth-order valence-electron chi connectivity index (χ4n) is 2.02. The number of nitrogen functional groups attached to an aromatic ring is 1. The zero-order valence-electron chi connectivity index (χ0n) is 14.0. The summed E-state index contributed by atoms with van der Waals surface area (Å²) in [4.78, 5) is 11.2. The van der Waals surface area contributed by atoms with Crippen LogP contribution in [0.3, 0.4) is 0 Å². The second-order valence-electron chi connectivity index (χ2n) is 6.22. The molecule has 0 radical (unpaired) electrons. The lowest BCUT2D eigenvalue weighted by Gasteiger charge is -2.31. The number of rotatable bonds is 7. The number of ether oxygens (including phenoxy) is 2. The molecule has 0 saturated heterocycles. The molecule has 0 spiro atoms. The van der Waals surface area contributed by atoms with Crippen LogP contribution in [0, 0.1) is 0 Å². The summed E-state index contributed by atoms with van der Waals surface area (Å²) >= 11 is 0. The summed E-state index contributed by atoms with van der Waals surface area (Å²) in [5, 5.41) is 0. The zero-order chi connectivity index (χ0) is 16.0. The molecule has 120 valence electrons. The number of hydrogen-bond donors (Lipinski definition) is 1. The average molecular weight is 296 g/mol. The summed E-state index contributed by atoms with van der Waals surface area (Å²) in [5.74, 6) is 2.04. The first kappa shape index (κ1) is 17.7. The fourth-order valence-corrected chi connectivity index (χ4v) is 2.02. The van der Waals surface area contributed by atoms with Crippen molar-refractivity contribution >= 4 is 11.6 Å². The molecule has 1 unspecified atom stereocenters. The lowest BCUT2D eigenvalue weighted by atomic mass is 9.96. The van der Waals surface area contributed by atoms with Gasteiger partial charge in [0, 0.05) is 32.2 Å². The van der Waals surface area contributed by atoms with Gasteiger partial charge < -0.3 is 20.1 Å². The van der Waals surface area contributed by atoms with E-state index < -0.39 is 0 Å². The summed E-state index contributed by atoms with van der Waals surface area (Å²) in [6.07, 6.45) is 0. The van der Waals surface area contributed by atoms with E-state index in [0.717, 1.165) is 18.2 Å². The van der Waals surface area contributed by atoms with E-state index in [2.05, 4.69) is 42.6 Å². The first-order valence-corrected chi connectivity index (χ1v) is 7.19. The number of nitrogens with zero attached hydrogens (tertiary/aromatic N) is 3. The van der Waals surface area contributed by atoms with Gasteiger partial charge in [0.1, 0.15) is 17.5 Å². The van der Waals surface area contributed by atoms with Crippen LogP contribution in [0.2, 0.25) is 0 Å². The molecule has 1 aromatic rings. The monoisotopic (exact) mass is 296 g/mol. The van der Waals surface area contributed by atoms with E-state index in [-0.39, 0.29) is 11.5 Å². The Morgan fingerprint density at radius 2 is 1.90 bits per heavy atom. The smallest absolute Gasteiger partial charge is 0.138 e. The molecule has 0 fully saturated rings. The van der Waals surface area contributed by atoms with E-state index >= 15 is 0 Å². The Morgan fingerprint density at radius 3 is 2.43 bits per heavy atom. The van der Waals surface area contributed by atoms with Gasteiger partial charge in [-0.05, 0) is 6.92 Å². The molecule has 0 saturated carbocycles. The molecule has 1 rings (SSSR count). The van der Waals surface area contributed by atoms with Crippen molar-refractivity contribution in [2.24, 2.45) is 0 Å². The molecule has 6 heteroatoms. The van der Waals surface area contributed by atoms with Crippen LogP contribution in [0.15, 0.2) is 6.07 Å². The van der Waals surface area contributed by atoms with Gasteiger partial charge in [0.25, 0.3) is 0 Å². The van der Waals surface area contributed by atoms with Crippen LogP contribution >= 0.6 is 0 Å². The number of anilines is 2. The zero-order valence-corrected chi connectivity index (χ0v) is 14.0. The Morgan fingerprint density at radius 1 is 1.24 bits per heavy atom. The molecule has 0 aliphatic carbocycles. The summed E-state index contributed by atoms with van der Waals surface area (Å²) < 4.78 is 10.4. The number of aromatic nitrogens is 2. The van der Waals surface area contributed by atoms with Crippen molar-refractivity contribution in [3.63, 3.8) is 0 Å². The normalized spacial score (nSPS) is 13.2. The third-order valence-corrected chi connectivity index (χ3v) is 3.17. The third-order valence-electron chi connectivity index (χ3n) is 3.17. The first-order chi connectivity index (χ1) is 9.79. The van der Waals surface area contributed by atoms with Crippen LogP contribution in [0.25, 0.3) is 0 Å². The maximum Gasteiger partial charge on any atom is 0.138 e. The second-order valence-corrected chi connectivity index (χ2v) is 6.22. The highest BCUT2D eigenvalue weighted by molar-refractivity contribution is 5.48. The van der Waals surface area contributed by atoms with Gasteiger partial charge in [-0.3, -0.25) is 0 Å². The van der Waals surface area contributed by atoms with Crippen molar-refractivity contribution in [2.45, 2.75) is 39.2 Å². The quantitative estimate of drug-likeness (QED) is 0.827. The van der Waals surface area contributed by atoms with Crippen molar-refractivity contribution in [1.29, 1.82) is 0 Å². The summed E-state index contributed by atoms with van der Waals surface area (Å²) in [5.41, 5.74) is 5.81. The molecule has 0 amide bonds. The van der Waals surface area contributed by atoms with Gasteiger partial charge in [-0.15, -0.1) is 0 Å². The molecule has 0 bridgehead atoms. The van der Waals surface area contributed by atoms with Crippen molar-refractivity contribution in [3.8, 4) is 0 Å². The second kappa shape index (κ2) is 7.56. The maximum absolute atomic E-state index is 5.96. The van der Waals surface area contributed by atoms with Gasteiger partial charge in [-0.2, -0.15) is 0 Å². The molecule has 0 aliphatic rings. The molecule has 6 nitrogen and oxygen atoms in total. The van der Waals surface area contributed by atoms with E-state index in [9.17, 15) is 0 Å². The molecule has 1 aromatic heterocycles. The van der Waals surface area contributed by atoms with Crippen molar-refractivity contribution in [3.05, 3.63) is 11.9 Å². The molecule has 0 aromatic carbocycles. The molecule has 1 atom stereocenters. The molecular weight excluding hydrogens is 268 g/mol. The van der Waals surface area contributed by atoms with Crippen LogP contribution in [-0.4, -0.2) is 50.0 Å². The number of nitrogens with two attached hydrogens (primary N) is 1. The lowest BCUT2D eigenvalue weighted by Crippen LogP contribution is -2.39. The number of hydrogen-bond acceptors (Lipinski definition) is 6. The van der Waals surface area contributed by atoms with Crippen LogP contribution < -0.4 is 10.6 Å². The van der Waals surface area contributed by atoms with Gasteiger partial charge in [0.15, 0.2) is 0 Å². The lowest BCUT2D eigenvalue weighted by molar-refractivity contribution is 0.170. The van der Waals surface area contributed by atoms with Gasteiger partial charge in [0.2, 0.25) is 0 Å². The SMILES string of the molecule is COCCN(c1cc(N)nc(C(C)(C)C)n1)C(C)COC. The number of methoxy groups -OCH3 is 2. The highest BCUT2D eigenvalue weighted by Crippen LogP contribution is 2.24. The minimum Gasteiger partial charge on any atom is -0.384 e. The maximum atomic E-state index is 5.96. The van der Waals surface area contributed by atoms with Crippen molar-refractivity contribution < 1.29 is 9.47 Å². The summed E-state index contributed by atoms with van der Waals surface area (Å²) in [6, 6.07) is 1.98. The molecule has 21 heavy (non-hydrogen) atoms. The van der Waals surface area contributed by atoms with Crippen LogP contribution in [0.4, 0.5) is 11.6 Å². The van der Waals surface area contributed by atoms with E-state index in [4.69, 9.17) is 15.2 Å². The predicted octanol–water partition coefficient (Wildman–Crippen LogP) is 1.84. The van der Waals surface area contributed by atoms with Crippen LogP contribution in [0.5, 0.6) is 0 Å². The first-order valence-electron chi connectivity index (χ1n) is 7.19. The topological polar surface area (TPSA) is 73.5 Å². The third kappa shape index (κ3) is 5.13. The molecule has 2 N–H and O–H groups in total. The Labute approximate surface area is 127 Å². The highest BCUT2D eigenvalue weighted by Gasteiger charge is 2.22. The highest BCUT2D eigenvalue weighted by atomic mass is 16.5. The molecular formula is C15H28N4O2. The Balaban J connectivity index is 3.14. The minimum atomic E-state index is -0.151. The van der Waals surface area contributed by atoms with Crippen molar-refractivity contribution in [1.82, 2.24) is 9.97 Å². The summed E-state index contributed by atoms with van der Waals surface area (Å²) in [6.45, 7) is 10.3. The minimum absolute atomic E-state index is 0.151. The Hall–Kier alpha value is -1.40. The van der Waals surface area contributed by atoms with Crippen LogP contribution in [0.1, 0.15) is 33.5 Å². The van der Waals surface area contributed by atoms with Gasteiger partial charge in [0.05, 0.1) is 19.3 Å². The van der Waals surface area contributed by atoms with E-state index in [1.807, 2.05) is 0 Å². The van der Waals surface area contributed by atoms with Gasteiger partial charge in [-0.1, -0.05) is 20.8 Å².